The first-order chi connectivity index (χ1) is 9.31. The van der Waals surface area contributed by atoms with E-state index in [9.17, 15) is 0 Å². The lowest BCUT2D eigenvalue weighted by atomic mass is 10.0. The van der Waals surface area contributed by atoms with Crippen LogP contribution >= 0.6 is 0 Å². The van der Waals surface area contributed by atoms with Crippen LogP contribution in [0.3, 0.4) is 0 Å². The zero-order valence-electron chi connectivity index (χ0n) is 13.8. The number of likely N-dealkylation sites (N-methyl/N-ethyl adjacent to an activating group) is 1. The Labute approximate surface area is 123 Å². The molecule has 0 fully saturated rings. The summed E-state index contributed by atoms with van der Waals surface area (Å²) in [4.78, 5) is 2.22. The van der Waals surface area contributed by atoms with Gasteiger partial charge in [0.1, 0.15) is 0 Å². The highest BCUT2D eigenvalue weighted by Gasteiger charge is 2.21. The van der Waals surface area contributed by atoms with E-state index in [0.29, 0.717) is 0 Å². The van der Waals surface area contributed by atoms with E-state index in [1.54, 1.807) is 14.2 Å². The zero-order valence-corrected chi connectivity index (χ0v) is 13.8. The van der Waals surface area contributed by atoms with E-state index in [2.05, 4.69) is 51.1 Å². The maximum Gasteiger partial charge on any atom is 0.161 e. The molecule has 0 amide bonds. The predicted molar refractivity (Wildman–Crippen MR) is 83.7 cm³/mol. The van der Waals surface area contributed by atoms with Crippen LogP contribution in [-0.4, -0.2) is 45.3 Å². The van der Waals surface area contributed by atoms with Crippen molar-refractivity contribution in [3.63, 3.8) is 0 Å². The molecule has 114 valence electrons. The molecule has 1 atom stereocenters. The molecule has 1 aromatic carbocycles. The lowest BCUT2D eigenvalue weighted by molar-refractivity contribution is 0.185. The van der Waals surface area contributed by atoms with E-state index in [0.717, 1.165) is 18.0 Å². The average molecular weight is 280 g/mol. The number of ether oxygens (including phenoxy) is 2. The highest BCUT2D eigenvalue weighted by atomic mass is 16.5. The highest BCUT2D eigenvalue weighted by Crippen LogP contribution is 2.30. The second-order valence-corrected chi connectivity index (χ2v) is 5.92. The monoisotopic (exact) mass is 280 g/mol. The maximum atomic E-state index is 5.35. The standard InChI is InChI=1S/C16H28N2O2/c1-12(17-11-16(2,3)18(4)5)13-8-9-14(19-6)15(10-13)20-7/h8-10,12,17H,11H2,1-7H3. The van der Waals surface area contributed by atoms with Crippen molar-refractivity contribution >= 4 is 0 Å². The van der Waals surface area contributed by atoms with Gasteiger partial charge in [-0.05, 0) is 52.6 Å². The minimum Gasteiger partial charge on any atom is -0.493 e. The second-order valence-electron chi connectivity index (χ2n) is 5.92. The molecule has 0 aliphatic rings. The Hall–Kier alpha value is -1.26. The molecule has 0 bridgehead atoms. The first-order valence-electron chi connectivity index (χ1n) is 6.94. The van der Waals surface area contributed by atoms with E-state index in [1.807, 2.05) is 12.1 Å². The van der Waals surface area contributed by atoms with Gasteiger partial charge in [0, 0.05) is 18.1 Å². The van der Waals surface area contributed by atoms with Crippen LogP contribution < -0.4 is 14.8 Å². The molecule has 4 heteroatoms. The first-order valence-corrected chi connectivity index (χ1v) is 6.94. The molecule has 0 aromatic heterocycles. The largest absolute Gasteiger partial charge is 0.493 e. The van der Waals surface area contributed by atoms with Crippen molar-refractivity contribution in [3.8, 4) is 11.5 Å². The zero-order chi connectivity index (χ0) is 15.3. The molecule has 0 heterocycles. The van der Waals surface area contributed by atoms with E-state index in [4.69, 9.17) is 9.47 Å². The molecule has 1 rings (SSSR count). The Balaban J connectivity index is 2.75. The molecule has 0 aliphatic carbocycles. The van der Waals surface area contributed by atoms with Crippen molar-refractivity contribution in [2.24, 2.45) is 0 Å². The highest BCUT2D eigenvalue weighted by molar-refractivity contribution is 5.43. The van der Waals surface area contributed by atoms with Crippen LogP contribution in [0.4, 0.5) is 0 Å². The van der Waals surface area contributed by atoms with Gasteiger partial charge in [-0.1, -0.05) is 6.07 Å². The number of nitrogens with zero attached hydrogens (tertiary/aromatic N) is 1. The fourth-order valence-electron chi connectivity index (χ4n) is 1.80. The summed E-state index contributed by atoms with van der Waals surface area (Å²) in [5.41, 5.74) is 1.31. The van der Waals surface area contributed by atoms with Crippen LogP contribution in [0.5, 0.6) is 11.5 Å². The molecule has 0 saturated heterocycles. The molecular formula is C16H28N2O2. The smallest absolute Gasteiger partial charge is 0.161 e. The fourth-order valence-corrected chi connectivity index (χ4v) is 1.80. The van der Waals surface area contributed by atoms with Crippen molar-refractivity contribution in [1.29, 1.82) is 0 Å². The molecule has 1 N–H and O–H groups in total. The lowest BCUT2D eigenvalue weighted by Gasteiger charge is -2.34. The molecule has 4 nitrogen and oxygen atoms in total. The van der Waals surface area contributed by atoms with Gasteiger partial charge >= 0.3 is 0 Å². The van der Waals surface area contributed by atoms with Gasteiger partial charge in [-0.15, -0.1) is 0 Å². The Kier molecular flexibility index (Phi) is 5.84. The number of benzene rings is 1. The number of hydrogen-bond acceptors (Lipinski definition) is 4. The molecular weight excluding hydrogens is 252 g/mol. The second kappa shape index (κ2) is 6.95. The third-order valence-corrected chi connectivity index (χ3v) is 3.96. The number of rotatable bonds is 7. The summed E-state index contributed by atoms with van der Waals surface area (Å²) in [5, 5.41) is 3.57. The van der Waals surface area contributed by atoms with Crippen LogP contribution in [0, 0.1) is 0 Å². The summed E-state index contributed by atoms with van der Waals surface area (Å²) < 4.78 is 10.6. The van der Waals surface area contributed by atoms with Crippen LogP contribution in [0.15, 0.2) is 18.2 Å². The molecule has 0 spiro atoms. The van der Waals surface area contributed by atoms with Gasteiger partial charge < -0.3 is 19.7 Å². The van der Waals surface area contributed by atoms with E-state index in [1.165, 1.54) is 5.56 Å². The Morgan fingerprint density at radius 3 is 2.25 bits per heavy atom. The van der Waals surface area contributed by atoms with E-state index >= 15 is 0 Å². The first kappa shape index (κ1) is 16.8. The van der Waals surface area contributed by atoms with Crippen LogP contribution in [0.1, 0.15) is 32.4 Å². The van der Waals surface area contributed by atoms with Gasteiger partial charge in [0.15, 0.2) is 11.5 Å². The van der Waals surface area contributed by atoms with Crippen molar-refractivity contribution in [1.82, 2.24) is 10.2 Å². The quantitative estimate of drug-likeness (QED) is 0.832. The molecule has 20 heavy (non-hydrogen) atoms. The molecule has 0 saturated carbocycles. The molecule has 1 unspecified atom stereocenters. The van der Waals surface area contributed by atoms with Gasteiger partial charge in [0.25, 0.3) is 0 Å². The third kappa shape index (κ3) is 4.12. The molecule has 0 aliphatic heterocycles. The topological polar surface area (TPSA) is 33.7 Å². The fraction of sp³-hybridized carbons (Fsp3) is 0.625. The number of methoxy groups -OCH3 is 2. The van der Waals surface area contributed by atoms with Crippen LogP contribution in [0.25, 0.3) is 0 Å². The number of nitrogens with one attached hydrogen (secondary N) is 1. The SMILES string of the molecule is COc1ccc(C(C)NCC(C)(C)N(C)C)cc1OC. The normalized spacial score (nSPS) is 13.4. The summed E-state index contributed by atoms with van der Waals surface area (Å²) in [6.45, 7) is 7.52. The van der Waals surface area contributed by atoms with E-state index < -0.39 is 0 Å². The van der Waals surface area contributed by atoms with Crippen LogP contribution in [-0.2, 0) is 0 Å². The maximum absolute atomic E-state index is 5.35. The summed E-state index contributed by atoms with van der Waals surface area (Å²) in [7, 11) is 7.51. The predicted octanol–water partition coefficient (Wildman–Crippen LogP) is 2.69. The van der Waals surface area contributed by atoms with Gasteiger partial charge in [-0.2, -0.15) is 0 Å². The van der Waals surface area contributed by atoms with Crippen LogP contribution in [0.2, 0.25) is 0 Å². The van der Waals surface area contributed by atoms with Gasteiger partial charge in [0.05, 0.1) is 14.2 Å². The number of hydrogen-bond donors (Lipinski definition) is 1. The van der Waals surface area contributed by atoms with E-state index in [-0.39, 0.29) is 11.6 Å². The minimum absolute atomic E-state index is 0.116. The van der Waals surface area contributed by atoms with Gasteiger partial charge in [-0.3, -0.25) is 0 Å². The molecule has 1 aromatic rings. The Morgan fingerprint density at radius 2 is 1.75 bits per heavy atom. The summed E-state index contributed by atoms with van der Waals surface area (Å²) in [6.07, 6.45) is 0. The van der Waals surface area contributed by atoms with Gasteiger partial charge in [-0.25, -0.2) is 0 Å². The minimum atomic E-state index is 0.116. The Morgan fingerprint density at radius 1 is 1.15 bits per heavy atom. The summed E-state index contributed by atoms with van der Waals surface area (Å²) in [5.74, 6) is 1.53. The summed E-state index contributed by atoms with van der Waals surface area (Å²) >= 11 is 0. The lowest BCUT2D eigenvalue weighted by Crippen LogP contribution is -2.47. The third-order valence-electron chi connectivity index (χ3n) is 3.96. The van der Waals surface area contributed by atoms with Gasteiger partial charge in [0.2, 0.25) is 0 Å². The van der Waals surface area contributed by atoms with Crippen molar-refractivity contribution in [2.75, 3.05) is 34.9 Å². The van der Waals surface area contributed by atoms with Crippen molar-refractivity contribution in [3.05, 3.63) is 23.8 Å². The Bertz CT molecular complexity index is 430. The van der Waals surface area contributed by atoms with Crippen molar-refractivity contribution in [2.45, 2.75) is 32.4 Å². The average Bonchev–Trinajstić information content (AvgIpc) is 2.43. The van der Waals surface area contributed by atoms with Crippen molar-refractivity contribution < 1.29 is 9.47 Å². The summed E-state index contributed by atoms with van der Waals surface area (Å²) in [6, 6.07) is 6.30. The molecule has 0 radical (unpaired) electrons.